The van der Waals surface area contributed by atoms with E-state index < -0.39 is 0 Å². The molecule has 3 heterocycles. The summed E-state index contributed by atoms with van der Waals surface area (Å²) in [5.41, 5.74) is 4.82. The quantitative estimate of drug-likeness (QED) is 0.144. The first-order chi connectivity index (χ1) is 20.2. The molecule has 0 atom stereocenters. The van der Waals surface area contributed by atoms with E-state index in [4.69, 9.17) is 24.1 Å². The molecule has 204 valence electrons. The molecule has 0 spiro atoms. The first-order valence-corrected chi connectivity index (χ1v) is 13.8. The average Bonchev–Trinajstić information content (AvgIpc) is 3.75. The van der Waals surface area contributed by atoms with Gasteiger partial charge in [-0.2, -0.15) is 10.2 Å². The number of hydrogen-bond acceptors (Lipinski definition) is 7. The Morgan fingerprint density at radius 1 is 1.00 bits per heavy atom. The zero-order valence-corrected chi connectivity index (χ0v) is 23.4. The molecule has 6 rings (SSSR count). The monoisotopic (exact) mass is 561 g/mol. The minimum Gasteiger partial charge on any atom is -0.497 e. The van der Waals surface area contributed by atoms with Gasteiger partial charge >= 0.3 is 0 Å². The van der Waals surface area contributed by atoms with Crippen LogP contribution in [0.25, 0.3) is 39.4 Å². The van der Waals surface area contributed by atoms with Gasteiger partial charge in [0.15, 0.2) is 5.76 Å². The van der Waals surface area contributed by atoms with E-state index >= 15 is 0 Å². The van der Waals surface area contributed by atoms with Crippen molar-refractivity contribution in [2.24, 2.45) is 10.1 Å². The summed E-state index contributed by atoms with van der Waals surface area (Å²) < 4.78 is 21.0. The molecular weight excluding hydrogens is 534 g/mol. The Labute approximate surface area is 240 Å². The lowest BCUT2D eigenvalue weighted by molar-refractivity contribution is 0.404. The highest BCUT2D eigenvalue weighted by Crippen LogP contribution is 2.34. The topological polar surface area (TPSA) is 79.1 Å². The molecule has 0 aliphatic carbocycles. The van der Waals surface area contributed by atoms with E-state index in [9.17, 15) is 0 Å². The predicted octanol–water partition coefficient (Wildman–Crippen LogP) is 6.80. The smallest absolute Gasteiger partial charge is 0.206 e. The minimum atomic E-state index is 0.459. The number of furan rings is 1. The van der Waals surface area contributed by atoms with Crippen molar-refractivity contribution < 1.29 is 13.9 Å². The number of benzene rings is 3. The van der Waals surface area contributed by atoms with Crippen molar-refractivity contribution in [1.82, 2.24) is 14.5 Å². The van der Waals surface area contributed by atoms with Crippen LogP contribution in [0.15, 0.2) is 118 Å². The van der Waals surface area contributed by atoms with Crippen LogP contribution in [0.2, 0.25) is 0 Å². The van der Waals surface area contributed by atoms with E-state index in [1.165, 1.54) is 11.3 Å². The van der Waals surface area contributed by atoms with Gasteiger partial charge in [-0.25, -0.2) is 9.36 Å². The molecule has 0 amide bonds. The van der Waals surface area contributed by atoms with Crippen molar-refractivity contribution in [1.29, 1.82) is 0 Å². The van der Waals surface area contributed by atoms with E-state index in [-0.39, 0.29) is 0 Å². The van der Waals surface area contributed by atoms with E-state index in [1.807, 2.05) is 95.1 Å². The second kappa shape index (κ2) is 11.5. The number of para-hydroxylation sites is 2. The van der Waals surface area contributed by atoms with E-state index in [2.05, 4.69) is 11.6 Å². The predicted molar refractivity (Wildman–Crippen MR) is 163 cm³/mol. The SMILES string of the molecule is C=CCN=c1scc(-c2cc(OC)ccc2OC)n1N=Cc1cn(-c2ccccc2)nc1-c1cc2ccccc2o1. The molecule has 0 saturated heterocycles. The fourth-order valence-electron chi connectivity index (χ4n) is 4.47. The van der Waals surface area contributed by atoms with Crippen LogP contribution in [0.1, 0.15) is 5.56 Å². The summed E-state index contributed by atoms with van der Waals surface area (Å²) in [6.07, 6.45) is 5.48. The highest BCUT2D eigenvalue weighted by atomic mass is 32.1. The third kappa shape index (κ3) is 5.22. The van der Waals surface area contributed by atoms with Crippen LogP contribution in [-0.4, -0.2) is 41.4 Å². The van der Waals surface area contributed by atoms with Crippen LogP contribution < -0.4 is 14.3 Å². The van der Waals surface area contributed by atoms with Crippen molar-refractivity contribution >= 4 is 28.5 Å². The molecule has 0 saturated carbocycles. The van der Waals surface area contributed by atoms with Crippen LogP contribution in [0.5, 0.6) is 11.5 Å². The summed E-state index contributed by atoms with van der Waals surface area (Å²) in [6.45, 7) is 4.27. The van der Waals surface area contributed by atoms with Gasteiger partial charge < -0.3 is 13.9 Å². The average molecular weight is 562 g/mol. The second-order valence-electron chi connectivity index (χ2n) is 9.02. The van der Waals surface area contributed by atoms with Gasteiger partial charge in [-0.3, -0.25) is 4.99 Å². The van der Waals surface area contributed by atoms with Crippen molar-refractivity contribution in [3.05, 3.63) is 113 Å². The van der Waals surface area contributed by atoms with E-state index in [0.717, 1.165) is 33.5 Å². The van der Waals surface area contributed by atoms with E-state index in [1.54, 1.807) is 31.2 Å². The molecule has 0 unspecified atom stereocenters. The number of ether oxygens (including phenoxy) is 2. The lowest BCUT2D eigenvalue weighted by Crippen LogP contribution is -2.12. The Bertz CT molecular complexity index is 1890. The Morgan fingerprint density at radius 2 is 1.83 bits per heavy atom. The molecule has 9 heteroatoms. The zero-order valence-electron chi connectivity index (χ0n) is 22.6. The fourth-order valence-corrected chi connectivity index (χ4v) is 5.30. The zero-order chi connectivity index (χ0) is 28.2. The maximum absolute atomic E-state index is 6.20. The maximum Gasteiger partial charge on any atom is 0.206 e. The highest BCUT2D eigenvalue weighted by Gasteiger charge is 2.17. The molecule has 0 bridgehead atoms. The molecule has 0 fully saturated rings. The molecule has 6 aromatic rings. The third-order valence-electron chi connectivity index (χ3n) is 6.46. The van der Waals surface area contributed by atoms with Crippen molar-refractivity contribution in [2.75, 3.05) is 20.8 Å². The Hall–Kier alpha value is -5.15. The number of aromatic nitrogens is 3. The van der Waals surface area contributed by atoms with Gasteiger partial charge in [-0.1, -0.05) is 42.5 Å². The summed E-state index contributed by atoms with van der Waals surface area (Å²) in [5, 5.41) is 12.8. The summed E-state index contributed by atoms with van der Waals surface area (Å²) in [4.78, 5) is 5.39. The lowest BCUT2D eigenvalue weighted by Gasteiger charge is -2.11. The normalized spacial score (nSPS) is 11.9. The maximum atomic E-state index is 6.20. The number of rotatable bonds is 9. The lowest BCUT2D eigenvalue weighted by atomic mass is 10.1. The number of methoxy groups -OCH3 is 2. The summed E-state index contributed by atoms with van der Waals surface area (Å²) in [7, 11) is 3.28. The van der Waals surface area contributed by atoms with Crippen molar-refractivity contribution in [3.63, 3.8) is 0 Å². The van der Waals surface area contributed by atoms with Gasteiger partial charge in [0.25, 0.3) is 0 Å². The minimum absolute atomic E-state index is 0.459. The summed E-state index contributed by atoms with van der Waals surface area (Å²) >= 11 is 1.48. The number of hydrogen-bond donors (Lipinski definition) is 0. The molecular formula is C32H27N5O3S. The molecule has 3 aromatic carbocycles. The molecule has 0 aliphatic heterocycles. The highest BCUT2D eigenvalue weighted by molar-refractivity contribution is 7.07. The van der Waals surface area contributed by atoms with Gasteiger partial charge in [0.05, 0.1) is 38.4 Å². The molecule has 8 nitrogen and oxygen atoms in total. The number of thiazole rings is 1. The Morgan fingerprint density at radius 3 is 2.61 bits per heavy atom. The Balaban J connectivity index is 1.51. The van der Waals surface area contributed by atoms with Gasteiger partial charge in [0, 0.05) is 28.1 Å². The second-order valence-corrected chi connectivity index (χ2v) is 9.85. The largest absolute Gasteiger partial charge is 0.497 e. The molecule has 3 aromatic heterocycles. The third-order valence-corrected chi connectivity index (χ3v) is 7.31. The molecule has 0 N–H and O–H groups in total. The van der Waals surface area contributed by atoms with Crippen LogP contribution in [0.3, 0.4) is 0 Å². The van der Waals surface area contributed by atoms with Crippen LogP contribution in [0, 0.1) is 0 Å². The van der Waals surface area contributed by atoms with Crippen molar-refractivity contribution in [3.8, 4) is 39.9 Å². The van der Waals surface area contributed by atoms with Crippen molar-refractivity contribution in [2.45, 2.75) is 0 Å². The van der Waals surface area contributed by atoms with Crippen LogP contribution in [0.4, 0.5) is 0 Å². The van der Waals surface area contributed by atoms with Crippen LogP contribution in [-0.2, 0) is 0 Å². The molecule has 0 aliphatic rings. The number of fused-ring (bicyclic) bond motifs is 1. The summed E-state index contributed by atoms with van der Waals surface area (Å²) in [6, 6.07) is 25.5. The molecule has 0 radical (unpaired) electrons. The van der Waals surface area contributed by atoms with Crippen LogP contribution >= 0.6 is 11.3 Å². The van der Waals surface area contributed by atoms with Gasteiger partial charge in [-0.15, -0.1) is 17.9 Å². The standard InChI is InChI=1S/C32H27N5O3S/c1-4-16-33-32-37(27(21-41-32)26-18-25(38-2)14-15-29(26)39-3)34-19-23-20-36(24-11-6-5-7-12-24)35-31(23)30-17-22-10-8-9-13-28(22)40-30/h4-15,17-21H,1,16H2,2-3H3. The van der Waals surface area contributed by atoms with Gasteiger partial charge in [-0.05, 0) is 42.5 Å². The molecule has 41 heavy (non-hydrogen) atoms. The van der Waals surface area contributed by atoms with Gasteiger partial charge in [0.1, 0.15) is 22.8 Å². The number of nitrogens with zero attached hydrogens (tertiary/aromatic N) is 5. The van der Waals surface area contributed by atoms with E-state index in [0.29, 0.717) is 34.3 Å². The fraction of sp³-hybridized carbons (Fsp3) is 0.0938. The Kier molecular flexibility index (Phi) is 7.34. The van der Waals surface area contributed by atoms with Gasteiger partial charge in [0.2, 0.25) is 4.80 Å². The first-order valence-electron chi connectivity index (χ1n) is 12.9. The first kappa shape index (κ1) is 26.1. The summed E-state index contributed by atoms with van der Waals surface area (Å²) in [5.74, 6) is 2.06.